The molecule has 0 radical (unpaired) electrons. The summed E-state index contributed by atoms with van der Waals surface area (Å²) in [6.07, 6.45) is 4.15. The quantitative estimate of drug-likeness (QED) is 0.511. The molecule has 4 aromatic rings. The van der Waals surface area contributed by atoms with Gasteiger partial charge in [0.25, 0.3) is 0 Å². The molecule has 0 aliphatic carbocycles. The van der Waals surface area contributed by atoms with Crippen LogP contribution in [0.3, 0.4) is 0 Å². The van der Waals surface area contributed by atoms with E-state index in [1.54, 1.807) is 0 Å². The second kappa shape index (κ2) is 5.81. The van der Waals surface area contributed by atoms with Crippen LogP contribution in [0.4, 0.5) is 0 Å². The molecule has 0 amide bonds. The fourth-order valence-corrected chi connectivity index (χ4v) is 2.88. The van der Waals surface area contributed by atoms with Gasteiger partial charge in [-0.15, -0.1) is 0 Å². The first-order chi connectivity index (χ1) is 11.7. The fourth-order valence-electron chi connectivity index (χ4n) is 2.88. The molecule has 118 valence electrons. The monoisotopic (exact) mass is 316 g/mol. The smallest absolute Gasteiger partial charge is 0.134 e. The standard InChI is InChI=1S/C20H16N2O2/c21-11-13-1-3-15-9-17(23-19(15)7-13)5-6-18-10-16-4-2-14(12-22)8-20(16)24-18/h1-4,7-12,21-22H,5-6H2. The van der Waals surface area contributed by atoms with Gasteiger partial charge in [0.1, 0.15) is 22.7 Å². The van der Waals surface area contributed by atoms with Gasteiger partial charge in [0.05, 0.1) is 0 Å². The first-order valence-electron chi connectivity index (χ1n) is 7.81. The maximum absolute atomic E-state index is 7.31. The lowest BCUT2D eigenvalue weighted by molar-refractivity contribution is 0.510. The normalized spacial score (nSPS) is 11.2. The molecule has 0 spiro atoms. The molecular formula is C20H16N2O2. The summed E-state index contributed by atoms with van der Waals surface area (Å²) in [5.74, 6) is 1.82. The second-order valence-corrected chi connectivity index (χ2v) is 5.81. The highest BCUT2D eigenvalue weighted by atomic mass is 16.3. The Morgan fingerprint density at radius 3 is 1.54 bits per heavy atom. The van der Waals surface area contributed by atoms with Crippen molar-refractivity contribution < 1.29 is 8.83 Å². The van der Waals surface area contributed by atoms with Crippen molar-refractivity contribution in [3.8, 4) is 0 Å². The molecule has 24 heavy (non-hydrogen) atoms. The van der Waals surface area contributed by atoms with Crippen LogP contribution in [0.2, 0.25) is 0 Å². The van der Waals surface area contributed by atoms with Gasteiger partial charge in [-0.3, -0.25) is 0 Å². The van der Waals surface area contributed by atoms with E-state index in [4.69, 9.17) is 19.7 Å². The average Bonchev–Trinajstić information content (AvgIpc) is 3.21. The minimum Gasteiger partial charge on any atom is -0.461 e. The molecule has 0 bridgehead atoms. The van der Waals surface area contributed by atoms with Crippen LogP contribution in [-0.4, -0.2) is 12.4 Å². The largest absolute Gasteiger partial charge is 0.461 e. The lowest BCUT2D eigenvalue weighted by Crippen LogP contribution is -1.86. The van der Waals surface area contributed by atoms with Gasteiger partial charge < -0.3 is 19.7 Å². The Labute approximate surface area is 138 Å². The Kier molecular flexibility index (Phi) is 3.50. The van der Waals surface area contributed by atoms with E-state index in [0.717, 1.165) is 57.4 Å². The molecule has 2 heterocycles. The van der Waals surface area contributed by atoms with Crippen molar-refractivity contribution in [1.82, 2.24) is 0 Å². The van der Waals surface area contributed by atoms with E-state index in [1.807, 2.05) is 48.5 Å². The Morgan fingerprint density at radius 1 is 0.667 bits per heavy atom. The summed E-state index contributed by atoms with van der Waals surface area (Å²) in [4.78, 5) is 0. The Balaban J connectivity index is 1.55. The molecule has 0 unspecified atom stereocenters. The van der Waals surface area contributed by atoms with E-state index in [2.05, 4.69) is 0 Å². The topological polar surface area (TPSA) is 74.0 Å². The van der Waals surface area contributed by atoms with Crippen molar-refractivity contribution in [2.45, 2.75) is 12.8 Å². The van der Waals surface area contributed by atoms with Crippen molar-refractivity contribution in [2.75, 3.05) is 0 Å². The zero-order valence-electron chi connectivity index (χ0n) is 13.0. The summed E-state index contributed by atoms with van der Waals surface area (Å²) in [7, 11) is 0. The molecule has 0 saturated heterocycles. The molecule has 2 aromatic carbocycles. The summed E-state index contributed by atoms with van der Waals surface area (Å²) in [5, 5.41) is 16.7. The first-order valence-corrected chi connectivity index (χ1v) is 7.81. The van der Waals surface area contributed by atoms with Crippen LogP contribution in [0, 0.1) is 10.8 Å². The second-order valence-electron chi connectivity index (χ2n) is 5.81. The molecule has 0 aliphatic rings. The molecule has 0 atom stereocenters. The van der Waals surface area contributed by atoms with Gasteiger partial charge in [0.15, 0.2) is 0 Å². The third kappa shape index (κ3) is 2.63. The Hall–Kier alpha value is -3.14. The molecule has 4 nitrogen and oxygen atoms in total. The number of nitrogens with one attached hydrogen (secondary N) is 2. The Bertz CT molecular complexity index is 970. The minimum absolute atomic E-state index is 0.756. The molecule has 4 heteroatoms. The van der Waals surface area contributed by atoms with Gasteiger partial charge >= 0.3 is 0 Å². The third-order valence-corrected chi connectivity index (χ3v) is 4.14. The van der Waals surface area contributed by atoms with Crippen LogP contribution in [-0.2, 0) is 12.8 Å². The predicted molar refractivity (Wildman–Crippen MR) is 95.6 cm³/mol. The number of fused-ring (bicyclic) bond motifs is 2. The average molecular weight is 316 g/mol. The number of hydrogen-bond donors (Lipinski definition) is 2. The van der Waals surface area contributed by atoms with E-state index < -0.39 is 0 Å². The van der Waals surface area contributed by atoms with Crippen molar-refractivity contribution in [2.24, 2.45) is 0 Å². The summed E-state index contributed by atoms with van der Waals surface area (Å²) >= 11 is 0. The molecule has 2 N–H and O–H groups in total. The predicted octanol–water partition coefficient (Wildman–Crippen LogP) is 4.96. The van der Waals surface area contributed by atoms with Crippen LogP contribution < -0.4 is 0 Å². The minimum atomic E-state index is 0.756. The van der Waals surface area contributed by atoms with Crippen LogP contribution >= 0.6 is 0 Å². The number of aryl methyl sites for hydroxylation is 2. The maximum atomic E-state index is 7.31. The van der Waals surface area contributed by atoms with Crippen molar-refractivity contribution in [3.05, 3.63) is 71.2 Å². The van der Waals surface area contributed by atoms with Crippen molar-refractivity contribution >= 4 is 34.4 Å². The van der Waals surface area contributed by atoms with Crippen LogP contribution in [0.1, 0.15) is 22.6 Å². The molecular weight excluding hydrogens is 300 g/mol. The van der Waals surface area contributed by atoms with Gasteiger partial charge in [0, 0.05) is 36.0 Å². The summed E-state index contributed by atoms with van der Waals surface area (Å²) < 4.78 is 11.7. The maximum Gasteiger partial charge on any atom is 0.134 e. The molecule has 2 aromatic heterocycles. The summed E-state index contributed by atoms with van der Waals surface area (Å²) in [5.41, 5.74) is 3.29. The van der Waals surface area contributed by atoms with Crippen molar-refractivity contribution in [3.63, 3.8) is 0 Å². The lowest BCUT2D eigenvalue weighted by Gasteiger charge is -1.94. The van der Waals surface area contributed by atoms with Gasteiger partial charge in [-0.2, -0.15) is 0 Å². The zero-order chi connectivity index (χ0) is 16.5. The Morgan fingerprint density at radius 2 is 1.12 bits per heavy atom. The first kappa shape index (κ1) is 14.5. The van der Waals surface area contributed by atoms with Crippen molar-refractivity contribution in [1.29, 1.82) is 10.8 Å². The number of benzene rings is 2. The SMILES string of the molecule is N=Cc1ccc2cc(CCc3cc4ccc(C=N)cc4o3)oc2c1. The van der Waals surface area contributed by atoms with E-state index in [0.29, 0.717) is 0 Å². The van der Waals surface area contributed by atoms with Gasteiger partial charge in [-0.25, -0.2) is 0 Å². The number of rotatable bonds is 5. The summed E-state index contributed by atoms with van der Waals surface area (Å²) in [6, 6.07) is 15.6. The van der Waals surface area contributed by atoms with Crippen LogP contribution in [0.5, 0.6) is 0 Å². The molecule has 0 aliphatic heterocycles. The van der Waals surface area contributed by atoms with E-state index in [9.17, 15) is 0 Å². The highest BCUT2D eigenvalue weighted by Gasteiger charge is 2.08. The fraction of sp³-hybridized carbons (Fsp3) is 0.100. The van der Waals surface area contributed by atoms with Crippen LogP contribution in [0.15, 0.2) is 57.4 Å². The zero-order valence-corrected chi connectivity index (χ0v) is 13.0. The highest BCUT2D eigenvalue weighted by Crippen LogP contribution is 2.24. The van der Waals surface area contributed by atoms with E-state index in [1.165, 1.54) is 12.4 Å². The van der Waals surface area contributed by atoms with Gasteiger partial charge in [-0.1, -0.05) is 24.3 Å². The third-order valence-electron chi connectivity index (χ3n) is 4.14. The highest BCUT2D eigenvalue weighted by molar-refractivity contribution is 5.87. The van der Waals surface area contributed by atoms with E-state index >= 15 is 0 Å². The number of hydrogen-bond acceptors (Lipinski definition) is 4. The molecule has 0 fully saturated rings. The van der Waals surface area contributed by atoms with E-state index in [-0.39, 0.29) is 0 Å². The lowest BCUT2D eigenvalue weighted by atomic mass is 10.1. The summed E-state index contributed by atoms with van der Waals surface area (Å²) in [6.45, 7) is 0. The van der Waals surface area contributed by atoms with Crippen LogP contribution in [0.25, 0.3) is 21.9 Å². The van der Waals surface area contributed by atoms with Gasteiger partial charge in [0.2, 0.25) is 0 Å². The number of furan rings is 2. The van der Waals surface area contributed by atoms with Gasteiger partial charge in [-0.05, 0) is 35.4 Å². The molecule has 0 saturated carbocycles. The molecule has 4 rings (SSSR count).